The highest BCUT2D eigenvalue weighted by Gasteiger charge is 2.11. The van der Waals surface area contributed by atoms with Crippen molar-refractivity contribution in [2.45, 2.75) is 11.6 Å². The summed E-state index contributed by atoms with van der Waals surface area (Å²) >= 11 is 1.28. The van der Waals surface area contributed by atoms with Gasteiger partial charge in [0, 0.05) is 23.8 Å². The maximum atomic E-state index is 13.8. The van der Waals surface area contributed by atoms with Gasteiger partial charge in [0.05, 0.1) is 5.69 Å². The van der Waals surface area contributed by atoms with E-state index >= 15 is 0 Å². The highest BCUT2D eigenvalue weighted by molar-refractivity contribution is 7.99. The Hall–Kier alpha value is -2.67. The first-order chi connectivity index (χ1) is 12.0. The molecule has 0 saturated carbocycles. The number of hydrogen-bond donors (Lipinski definition) is 2. The molecule has 0 atom stereocenters. The van der Waals surface area contributed by atoms with Gasteiger partial charge in [-0.15, -0.1) is 0 Å². The minimum atomic E-state index is -0.666. The molecule has 0 aliphatic carbocycles. The van der Waals surface area contributed by atoms with Crippen LogP contribution in [0.2, 0.25) is 0 Å². The molecule has 4 nitrogen and oxygen atoms in total. The molecule has 7 heteroatoms. The molecule has 0 fully saturated rings. The fourth-order valence-corrected chi connectivity index (χ4v) is 2.95. The zero-order valence-corrected chi connectivity index (χ0v) is 14.2. The second-order valence-corrected chi connectivity index (χ2v) is 6.01. The highest BCUT2D eigenvalue weighted by Crippen LogP contribution is 2.19. The average molecular weight is 361 g/mol. The predicted octanol–water partition coefficient (Wildman–Crippen LogP) is 3.32. The first kappa shape index (κ1) is 18.7. The number of nitrogens with one attached hydrogen (secondary N) is 1. The fourth-order valence-electron chi connectivity index (χ4n) is 2.10. The van der Waals surface area contributed by atoms with Crippen molar-refractivity contribution in [1.29, 1.82) is 0 Å². The topological polar surface area (TPSA) is 71.8 Å². The summed E-state index contributed by atoms with van der Waals surface area (Å²) in [7, 11) is 0. The van der Waals surface area contributed by atoms with Crippen LogP contribution in [0, 0.1) is 11.6 Å². The van der Waals surface area contributed by atoms with E-state index in [4.69, 9.17) is 5.73 Å². The lowest BCUT2D eigenvalue weighted by molar-refractivity contribution is 0.559. The Labute approximate surface area is 148 Å². The molecular formula is C18H17F2N3OS. The Balaban J connectivity index is 2.21. The molecule has 0 aliphatic heterocycles. The summed E-state index contributed by atoms with van der Waals surface area (Å²) in [6, 6.07) is 4.87. The summed E-state index contributed by atoms with van der Waals surface area (Å²) in [6.45, 7) is 3.62. The summed E-state index contributed by atoms with van der Waals surface area (Å²) in [5, 5.41) is 0.361. The Morgan fingerprint density at radius 2 is 2.08 bits per heavy atom. The SMILES string of the molecule is C=C/C=C(\C=C/N)CSc1nc(Cc2c(F)cccc2F)cc(=O)[nH]1. The Morgan fingerprint density at radius 3 is 2.72 bits per heavy atom. The molecule has 1 heterocycles. The molecule has 0 bridgehead atoms. The van der Waals surface area contributed by atoms with Crippen LogP contribution in [-0.4, -0.2) is 15.7 Å². The van der Waals surface area contributed by atoms with E-state index in [0.29, 0.717) is 16.6 Å². The number of aromatic amines is 1. The van der Waals surface area contributed by atoms with E-state index in [2.05, 4.69) is 16.5 Å². The molecule has 2 rings (SSSR count). The van der Waals surface area contributed by atoms with Crippen LogP contribution < -0.4 is 11.3 Å². The number of H-pyrrole nitrogens is 1. The quantitative estimate of drug-likeness (QED) is 0.451. The van der Waals surface area contributed by atoms with Crippen LogP contribution in [0.5, 0.6) is 0 Å². The normalized spacial score (nSPS) is 11.8. The molecule has 1 aromatic carbocycles. The van der Waals surface area contributed by atoms with Crippen molar-refractivity contribution in [3.63, 3.8) is 0 Å². The fraction of sp³-hybridized carbons (Fsp3) is 0.111. The lowest BCUT2D eigenvalue weighted by Crippen LogP contribution is -2.11. The van der Waals surface area contributed by atoms with Crippen LogP contribution in [0.4, 0.5) is 8.78 Å². The predicted molar refractivity (Wildman–Crippen MR) is 96.4 cm³/mol. The van der Waals surface area contributed by atoms with E-state index in [1.54, 1.807) is 18.2 Å². The maximum Gasteiger partial charge on any atom is 0.251 e. The third-order valence-electron chi connectivity index (χ3n) is 3.21. The second kappa shape index (κ2) is 8.98. The smallest absolute Gasteiger partial charge is 0.251 e. The van der Waals surface area contributed by atoms with E-state index in [1.165, 1.54) is 42.2 Å². The van der Waals surface area contributed by atoms with Gasteiger partial charge in [-0.3, -0.25) is 4.79 Å². The van der Waals surface area contributed by atoms with Crippen LogP contribution in [0.1, 0.15) is 11.3 Å². The molecule has 2 aromatic rings. The zero-order chi connectivity index (χ0) is 18.2. The van der Waals surface area contributed by atoms with E-state index < -0.39 is 11.6 Å². The van der Waals surface area contributed by atoms with Crippen molar-refractivity contribution in [3.8, 4) is 0 Å². The van der Waals surface area contributed by atoms with Gasteiger partial charge in [0.25, 0.3) is 5.56 Å². The van der Waals surface area contributed by atoms with Gasteiger partial charge < -0.3 is 10.7 Å². The van der Waals surface area contributed by atoms with Crippen LogP contribution in [-0.2, 0) is 6.42 Å². The molecule has 0 unspecified atom stereocenters. The molecule has 0 aliphatic rings. The number of benzene rings is 1. The van der Waals surface area contributed by atoms with Crippen molar-refractivity contribution in [3.05, 3.63) is 94.1 Å². The van der Waals surface area contributed by atoms with Crippen molar-refractivity contribution in [1.82, 2.24) is 9.97 Å². The Bertz CT molecular complexity index is 855. The number of nitrogens with two attached hydrogens (primary N) is 1. The number of allylic oxidation sites excluding steroid dienone is 3. The monoisotopic (exact) mass is 361 g/mol. The van der Waals surface area contributed by atoms with E-state index in [0.717, 1.165) is 5.57 Å². The molecule has 0 amide bonds. The molecule has 130 valence electrons. The highest BCUT2D eigenvalue weighted by atomic mass is 32.2. The number of nitrogens with zero attached hydrogens (tertiary/aromatic N) is 1. The Kier molecular flexibility index (Phi) is 6.71. The number of rotatable bonds is 7. The molecule has 3 N–H and O–H groups in total. The van der Waals surface area contributed by atoms with Gasteiger partial charge in [0.1, 0.15) is 11.6 Å². The number of hydrogen-bond acceptors (Lipinski definition) is 4. The first-order valence-corrected chi connectivity index (χ1v) is 8.38. The van der Waals surface area contributed by atoms with Gasteiger partial charge in [-0.1, -0.05) is 36.6 Å². The van der Waals surface area contributed by atoms with Crippen LogP contribution >= 0.6 is 11.8 Å². The summed E-state index contributed by atoms with van der Waals surface area (Å²) in [6.07, 6.45) is 6.43. The number of aromatic nitrogens is 2. The van der Waals surface area contributed by atoms with E-state index in [-0.39, 0.29) is 17.5 Å². The lowest BCUT2D eigenvalue weighted by Gasteiger charge is -2.07. The largest absolute Gasteiger partial charge is 0.405 e. The first-order valence-electron chi connectivity index (χ1n) is 7.39. The molecule has 1 aromatic heterocycles. The van der Waals surface area contributed by atoms with E-state index in [1.807, 2.05) is 0 Å². The lowest BCUT2D eigenvalue weighted by atomic mass is 10.1. The van der Waals surface area contributed by atoms with Gasteiger partial charge in [-0.05, 0) is 30.0 Å². The Morgan fingerprint density at radius 1 is 1.36 bits per heavy atom. The van der Waals surface area contributed by atoms with Crippen LogP contribution in [0.3, 0.4) is 0 Å². The number of thioether (sulfide) groups is 1. The third-order valence-corrected chi connectivity index (χ3v) is 4.15. The van der Waals surface area contributed by atoms with Crippen LogP contribution in [0.15, 0.2) is 70.8 Å². The van der Waals surface area contributed by atoms with Gasteiger partial charge in [0.15, 0.2) is 5.16 Å². The van der Waals surface area contributed by atoms with Crippen LogP contribution in [0.25, 0.3) is 0 Å². The summed E-state index contributed by atoms with van der Waals surface area (Å²) < 4.78 is 27.5. The summed E-state index contributed by atoms with van der Waals surface area (Å²) in [5.74, 6) is -0.832. The molecule has 0 spiro atoms. The average Bonchev–Trinajstić information content (AvgIpc) is 2.56. The molecule has 0 saturated heterocycles. The number of halogens is 2. The zero-order valence-electron chi connectivity index (χ0n) is 13.3. The standard InChI is InChI=1S/C18H17F2N3OS/c1-2-4-12(7-8-21)11-25-18-22-13(10-17(24)23-18)9-14-15(19)5-3-6-16(14)20/h2-8,10H,1,9,11,21H2,(H,22,23,24)/b8-7-,12-4+. The summed E-state index contributed by atoms with van der Waals surface area (Å²) in [4.78, 5) is 18.7. The minimum Gasteiger partial charge on any atom is -0.405 e. The van der Waals surface area contributed by atoms with Crippen molar-refractivity contribution in [2.24, 2.45) is 5.73 Å². The molecule has 0 radical (unpaired) electrons. The summed E-state index contributed by atoms with van der Waals surface area (Å²) in [5.41, 5.74) is 6.06. The third kappa shape index (κ3) is 5.42. The van der Waals surface area contributed by atoms with E-state index in [9.17, 15) is 13.6 Å². The maximum absolute atomic E-state index is 13.8. The molecule has 25 heavy (non-hydrogen) atoms. The van der Waals surface area contributed by atoms with Gasteiger partial charge in [-0.25, -0.2) is 13.8 Å². The van der Waals surface area contributed by atoms with Crippen molar-refractivity contribution in [2.75, 3.05) is 5.75 Å². The van der Waals surface area contributed by atoms with Gasteiger partial charge in [0.2, 0.25) is 0 Å². The minimum absolute atomic E-state index is 0.103. The second-order valence-electron chi connectivity index (χ2n) is 5.04. The van der Waals surface area contributed by atoms with Crippen molar-refractivity contribution >= 4 is 11.8 Å². The molecular weight excluding hydrogens is 344 g/mol. The van der Waals surface area contributed by atoms with Crippen molar-refractivity contribution < 1.29 is 8.78 Å². The van der Waals surface area contributed by atoms with Gasteiger partial charge in [-0.2, -0.15) is 0 Å². The van der Waals surface area contributed by atoms with Gasteiger partial charge >= 0.3 is 0 Å².